The van der Waals surface area contributed by atoms with Crippen molar-refractivity contribution in [1.82, 2.24) is 5.32 Å². The molecule has 0 radical (unpaired) electrons. The van der Waals surface area contributed by atoms with E-state index >= 15 is 0 Å². The summed E-state index contributed by atoms with van der Waals surface area (Å²) in [6.45, 7) is 0.169. The lowest BCUT2D eigenvalue weighted by atomic mass is 9.69. The highest BCUT2D eigenvalue weighted by Crippen LogP contribution is 2.40. The number of amides is 2. The third-order valence-corrected chi connectivity index (χ3v) is 3.93. The van der Waals surface area contributed by atoms with E-state index in [1.807, 2.05) is 12.1 Å². The molecule has 1 aliphatic carbocycles. The van der Waals surface area contributed by atoms with E-state index in [0.29, 0.717) is 18.5 Å². The van der Waals surface area contributed by atoms with E-state index in [2.05, 4.69) is 26.6 Å². The average molecular weight is 327 g/mol. The zero-order valence-corrected chi connectivity index (χ0v) is 11.9. The molecule has 0 saturated heterocycles. The molecule has 102 valence electrons. The monoisotopic (exact) mass is 326 g/mol. The average Bonchev–Trinajstić information content (AvgIpc) is 2.26. The molecule has 1 aliphatic rings. The molecule has 3 N–H and O–H groups in total. The molecule has 0 spiro atoms. The molecule has 1 saturated carbocycles. The van der Waals surface area contributed by atoms with Crippen molar-refractivity contribution in [3.05, 3.63) is 28.7 Å². The van der Waals surface area contributed by atoms with E-state index in [1.165, 1.54) is 0 Å². The van der Waals surface area contributed by atoms with Crippen LogP contribution in [0, 0.1) is 5.41 Å². The Hall–Kier alpha value is -1.56. The maximum absolute atomic E-state index is 11.7. The first-order valence-electron chi connectivity index (χ1n) is 6.06. The van der Waals surface area contributed by atoms with Crippen molar-refractivity contribution < 1.29 is 14.7 Å². The SMILES string of the molecule is O=C(NCC1(C(=O)O)CCC1)Nc1cccc(Br)c1. The first-order chi connectivity index (χ1) is 9.02. The van der Waals surface area contributed by atoms with E-state index in [4.69, 9.17) is 5.11 Å². The van der Waals surface area contributed by atoms with Crippen molar-refractivity contribution in [3.63, 3.8) is 0 Å². The minimum atomic E-state index is -0.832. The van der Waals surface area contributed by atoms with Gasteiger partial charge in [-0.1, -0.05) is 28.4 Å². The van der Waals surface area contributed by atoms with Gasteiger partial charge in [-0.05, 0) is 31.0 Å². The predicted molar refractivity (Wildman–Crippen MR) is 75.1 cm³/mol. The number of hydrogen-bond acceptors (Lipinski definition) is 2. The first kappa shape index (κ1) is 13.9. The third kappa shape index (κ3) is 3.26. The number of carboxylic acids is 1. The van der Waals surface area contributed by atoms with Gasteiger partial charge in [0.2, 0.25) is 0 Å². The first-order valence-corrected chi connectivity index (χ1v) is 6.85. The van der Waals surface area contributed by atoms with Crippen molar-refractivity contribution in [1.29, 1.82) is 0 Å². The largest absolute Gasteiger partial charge is 0.481 e. The van der Waals surface area contributed by atoms with Gasteiger partial charge in [0.1, 0.15) is 0 Å². The lowest BCUT2D eigenvalue weighted by Gasteiger charge is -2.37. The molecule has 1 aromatic rings. The quantitative estimate of drug-likeness (QED) is 0.796. The van der Waals surface area contributed by atoms with Crippen LogP contribution in [0.1, 0.15) is 19.3 Å². The topological polar surface area (TPSA) is 78.4 Å². The van der Waals surface area contributed by atoms with Crippen molar-refractivity contribution in [2.24, 2.45) is 5.41 Å². The van der Waals surface area contributed by atoms with Crippen molar-refractivity contribution >= 4 is 33.6 Å². The van der Waals surface area contributed by atoms with Crippen LogP contribution < -0.4 is 10.6 Å². The maximum Gasteiger partial charge on any atom is 0.319 e. The fourth-order valence-corrected chi connectivity index (χ4v) is 2.46. The molecule has 1 fully saturated rings. The van der Waals surface area contributed by atoms with Crippen LogP contribution in [0.3, 0.4) is 0 Å². The van der Waals surface area contributed by atoms with Gasteiger partial charge in [-0.2, -0.15) is 0 Å². The van der Waals surface area contributed by atoms with Crippen LogP contribution in [-0.2, 0) is 4.79 Å². The van der Waals surface area contributed by atoms with E-state index < -0.39 is 11.4 Å². The molecule has 0 heterocycles. The molecule has 2 amide bonds. The summed E-state index contributed by atoms with van der Waals surface area (Å²) in [4.78, 5) is 22.8. The Labute approximate surface area is 119 Å². The van der Waals surface area contributed by atoms with Gasteiger partial charge in [-0.15, -0.1) is 0 Å². The van der Waals surface area contributed by atoms with Crippen molar-refractivity contribution in [3.8, 4) is 0 Å². The number of nitrogens with one attached hydrogen (secondary N) is 2. The molecule has 19 heavy (non-hydrogen) atoms. The number of benzene rings is 1. The highest BCUT2D eigenvalue weighted by molar-refractivity contribution is 9.10. The number of anilines is 1. The normalized spacial score (nSPS) is 16.3. The molecule has 6 heteroatoms. The van der Waals surface area contributed by atoms with Crippen molar-refractivity contribution in [2.45, 2.75) is 19.3 Å². The van der Waals surface area contributed by atoms with Crippen molar-refractivity contribution in [2.75, 3.05) is 11.9 Å². The fourth-order valence-electron chi connectivity index (χ4n) is 2.06. The molecule has 1 aromatic carbocycles. The fraction of sp³-hybridized carbons (Fsp3) is 0.385. The Morgan fingerprint density at radius 2 is 2.11 bits per heavy atom. The molecule has 0 unspecified atom stereocenters. The second-order valence-corrected chi connectivity index (χ2v) is 5.67. The molecule has 5 nitrogen and oxygen atoms in total. The Balaban J connectivity index is 1.87. The zero-order chi connectivity index (χ0) is 13.9. The van der Waals surface area contributed by atoms with E-state index in [-0.39, 0.29) is 12.6 Å². The molecule has 0 atom stereocenters. The summed E-state index contributed by atoms with van der Waals surface area (Å²) in [6, 6.07) is 6.82. The third-order valence-electron chi connectivity index (χ3n) is 3.43. The lowest BCUT2D eigenvalue weighted by molar-refractivity contribution is -0.153. The molecule has 2 rings (SSSR count). The highest BCUT2D eigenvalue weighted by atomic mass is 79.9. The second-order valence-electron chi connectivity index (χ2n) is 4.76. The van der Waals surface area contributed by atoms with Crippen LogP contribution in [0.4, 0.5) is 10.5 Å². The van der Waals surface area contributed by atoms with E-state index in [0.717, 1.165) is 10.9 Å². The Morgan fingerprint density at radius 3 is 2.63 bits per heavy atom. The van der Waals surface area contributed by atoms with Gasteiger partial charge < -0.3 is 15.7 Å². The molecule has 0 bridgehead atoms. The number of urea groups is 1. The molecule has 0 aromatic heterocycles. The highest BCUT2D eigenvalue weighted by Gasteiger charge is 2.44. The number of carbonyl (C=O) groups is 2. The van der Waals surface area contributed by atoms with Gasteiger partial charge in [0.05, 0.1) is 5.41 Å². The minimum absolute atomic E-state index is 0.169. The van der Waals surface area contributed by atoms with Crippen LogP contribution >= 0.6 is 15.9 Å². The van der Waals surface area contributed by atoms with Crippen LogP contribution in [0.2, 0.25) is 0 Å². The number of carbonyl (C=O) groups excluding carboxylic acids is 1. The van der Waals surface area contributed by atoms with Gasteiger partial charge in [0.15, 0.2) is 0 Å². The van der Waals surface area contributed by atoms with Crippen LogP contribution in [0.15, 0.2) is 28.7 Å². The summed E-state index contributed by atoms with van der Waals surface area (Å²) in [7, 11) is 0. The van der Waals surface area contributed by atoms with Gasteiger partial charge in [-0.3, -0.25) is 4.79 Å². The number of carboxylic acid groups (broad SMARTS) is 1. The standard InChI is InChI=1S/C13H15BrN2O3/c14-9-3-1-4-10(7-9)16-12(19)15-8-13(11(17)18)5-2-6-13/h1,3-4,7H,2,5-6,8H2,(H,17,18)(H2,15,16,19). The number of hydrogen-bond donors (Lipinski definition) is 3. The Bertz CT molecular complexity index is 500. The molecule has 0 aliphatic heterocycles. The van der Waals surface area contributed by atoms with Gasteiger partial charge in [-0.25, -0.2) is 4.79 Å². The number of rotatable bonds is 4. The minimum Gasteiger partial charge on any atom is -0.481 e. The van der Waals surface area contributed by atoms with Crippen LogP contribution in [-0.4, -0.2) is 23.7 Å². The van der Waals surface area contributed by atoms with Gasteiger partial charge in [0, 0.05) is 16.7 Å². The van der Waals surface area contributed by atoms with Crippen LogP contribution in [0.25, 0.3) is 0 Å². The lowest BCUT2D eigenvalue weighted by Crippen LogP contribution is -2.48. The summed E-state index contributed by atoms with van der Waals surface area (Å²) in [5.41, 5.74) is -0.112. The Morgan fingerprint density at radius 1 is 1.37 bits per heavy atom. The maximum atomic E-state index is 11.7. The Kier molecular flexibility index (Phi) is 4.09. The zero-order valence-electron chi connectivity index (χ0n) is 10.3. The van der Waals surface area contributed by atoms with Gasteiger partial charge >= 0.3 is 12.0 Å². The number of aliphatic carboxylic acids is 1. The number of halogens is 1. The second kappa shape index (κ2) is 5.61. The summed E-state index contributed by atoms with van der Waals surface area (Å²) < 4.78 is 0.867. The van der Waals surface area contributed by atoms with Gasteiger partial charge in [0.25, 0.3) is 0 Å². The summed E-state index contributed by atoms with van der Waals surface area (Å²) in [6.07, 6.45) is 2.15. The van der Waals surface area contributed by atoms with E-state index in [9.17, 15) is 9.59 Å². The summed E-state index contributed by atoms with van der Waals surface area (Å²) >= 11 is 3.31. The summed E-state index contributed by atoms with van der Waals surface area (Å²) in [5.74, 6) is -0.832. The smallest absolute Gasteiger partial charge is 0.319 e. The van der Waals surface area contributed by atoms with Crippen LogP contribution in [0.5, 0.6) is 0 Å². The molecular weight excluding hydrogens is 312 g/mol. The predicted octanol–water partition coefficient (Wildman–Crippen LogP) is 2.83. The van der Waals surface area contributed by atoms with E-state index in [1.54, 1.807) is 12.1 Å². The molecular formula is C13H15BrN2O3. The summed E-state index contributed by atoms with van der Waals surface area (Å²) in [5, 5.41) is 14.4.